The van der Waals surface area contributed by atoms with Crippen molar-refractivity contribution in [1.82, 2.24) is 24.3 Å². The third-order valence-corrected chi connectivity index (χ3v) is 9.87. The van der Waals surface area contributed by atoms with E-state index in [1.54, 1.807) is 30.1 Å². The van der Waals surface area contributed by atoms with E-state index in [1.165, 1.54) is 36.2 Å². The monoisotopic (exact) mass is 559 g/mol. The van der Waals surface area contributed by atoms with Crippen LogP contribution in [0.15, 0.2) is 29.4 Å². The number of benzene rings is 1. The third-order valence-electron chi connectivity index (χ3n) is 7.92. The minimum Gasteiger partial charge on any atom is -0.345 e. The molecule has 0 unspecified atom stereocenters. The second-order valence-corrected chi connectivity index (χ2v) is 12.9. The second kappa shape index (κ2) is 10.7. The summed E-state index contributed by atoms with van der Waals surface area (Å²) in [6.45, 7) is 3.79. The molecule has 1 N–H and O–H groups in total. The number of H-pyrrole nitrogens is 1. The van der Waals surface area contributed by atoms with Crippen molar-refractivity contribution in [1.29, 1.82) is 0 Å². The minimum absolute atomic E-state index is 0.0416. The van der Waals surface area contributed by atoms with Crippen LogP contribution in [0.5, 0.6) is 0 Å². The number of rotatable bonds is 7. The zero-order chi connectivity index (χ0) is 27.0. The Hall–Kier alpha value is -2.85. The molecule has 4 heterocycles. The number of aromatic amines is 1. The topological polar surface area (TPSA) is 108 Å². The highest BCUT2D eigenvalue weighted by Gasteiger charge is 2.30. The van der Waals surface area contributed by atoms with E-state index >= 15 is 0 Å². The maximum atomic E-state index is 13.4. The van der Waals surface area contributed by atoms with Gasteiger partial charge in [0, 0.05) is 92.3 Å². The van der Waals surface area contributed by atoms with Gasteiger partial charge >= 0.3 is 0 Å². The SMILES string of the molecule is CC(=O)N(C)Cc1c(S(=O)(=O)CCC(=O)N2CCC(c3cnc4n3CCCC4)CC2)[nH]c2ccc(Cl)cc12. The normalized spacial score (nSPS) is 16.6. The summed E-state index contributed by atoms with van der Waals surface area (Å²) in [7, 11) is -2.20. The number of likely N-dealkylation sites (tertiary alicyclic amines) is 1. The van der Waals surface area contributed by atoms with E-state index in [9.17, 15) is 18.0 Å². The standard InChI is InChI=1S/C27H34ClN5O4S/c1-18(34)31(2)17-22-21-15-20(28)6-7-23(21)30-27(22)38(36,37)14-10-26(35)32-12-8-19(9-13-32)24-16-29-25-5-3-4-11-33(24)25/h6-7,15-16,19,30H,3-5,8-14,17H2,1-2H3. The zero-order valence-electron chi connectivity index (χ0n) is 21.9. The van der Waals surface area contributed by atoms with Crippen LogP contribution in [-0.2, 0) is 38.9 Å². The van der Waals surface area contributed by atoms with Crippen LogP contribution in [0.2, 0.25) is 5.02 Å². The molecule has 0 atom stereocenters. The molecule has 204 valence electrons. The molecule has 2 amide bonds. The van der Waals surface area contributed by atoms with Crippen LogP contribution in [0, 0.1) is 0 Å². The number of aryl methyl sites for hydroxylation is 1. The van der Waals surface area contributed by atoms with E-state index in [0.29, 0.717) is 40.5 Å². The van der Waals surface area contributed by atoms with Gasteiger partial charge in [0.05, 0.1) is 5.75 Å². The highest BCUT2D eigenvalue weighted by molar-refractivity contribution is 7.91. The Morgan fingerprint density at radius 1 is 1.18 bits per heavy atom. The molecular weight excluding hydrogens is 526 g/mol. The number of amides is 2. The number of sulfone groups is 1. The van der Waals surface area contributed by atoms with Gasteiger partial charge in [0.1, 0.15) is 10.9 Å². The van der Waals surface area contributed by atoms with E-state index in [4.69, 9.17) is 11.6 Å². The Labute approximate surface area is 228 Å². The molecule has 0 aliphatic carbocycles. The first kappa shape index (κ1) is 26.7. The van der Waals surface area contributed by atoms with E-state index in [0.717, 1.165) is 25.8 Å². The highest BCUT2D eigenvalue weighted by atomic mass is 35.5. The van der Waals surface area contributed by atoms with Gasteiger partial charge in [0.25, 0.3) is 0 Å². The van der Waals surface area contributed by atoms with Crippen LogP contribution in [0.1, 0.15) is 62.0 Å². The number of fused-ring (bicyclic) bond motifs is 2. The first-order valence-corrected chi connectivity index (χ1v) is 15.2. The fraction of sp³-hybridized carbons (Fsp3) is 0.519. The van der Waals surface area contributed by atoms with Gasteiger partial charge in [0.15, 0.2) is 9.84 Å². The zero-order valence-corrected chi connectivity index (χ0v) is 23.4. The molecule has 11 heteroatoms. The number of hydrogen-bond donors (Lipinski definition) is 1. The Morgan fingerprint density at radius 2 is 1.95 bits per heavy atom. The summed E-state index contributed by atoms with van der Waals surface area (Å²) < 4.78 is 29.2. The van der Waals surface area contributed by atoms with Crippen molar-refractivity contribution in [3.63, 3.8) is 0 Å². The summed E-state index contributed by atoms with van der Waals surface area (Å²) in [5, 5.41) is 1.17. The summed E-state index contributed by atoms with van der Waals surface area (Å²) in [4.78, 5) is 35.8. The van der Waals surface area contributed by atoms with Gasteiger partial charge in [-0.2, -0.15) is 0 Å². The quantitative estimate of drug-likeness (QED) is 0.472. The highest BCUT2D eigenvalue weighted by Crippen LogP contribution is 2.32. The molecule has 38 heavy (non-hydrogen) atoms. The van der Waals surface area contributed by atoms with Gasteiger partial charge < -0.3 is 19.4 Å². The third kappa shape index (κ3) is 5.33. The molecule has 2 aliphatic rings. The first-order chi connectivity index (χ1) is 18.1. The molecule has 0 bridgehead atoms. The van der Waals surface area contributed by atoms with Gasteiger partial charge in [-0.1, -0.05) is 11.6 Å². The van der Waals surface area contributed by atoms with E-state index < -0.39 is 9.84 Å². The van der Waals surface area contributed by atoms with Crippen molar-refractivity contribution in [3.05, 3.63) is 46.5 Å². The average Bonchev–Trinajstić information content (AvgIpc) is 3.49. The maximum Gasteiger partial charge on any atom is 0.223 e. The molecule has 0 radical (unpaired) electrons. The predicted octanol–water partition coefficient (Wildman–Crippen LogP) is 3.90. The number of piperidine rings is 1. The van der Waals surface area contributed by atoms with Gasteiger partial charge in [0.2, 0.25) is 11.8 Å². The van der Waals surface area contributed by atoms with E-state index in [2.05, 4.69) is 14.5 Å². The van der Waals surface area contributed by atoms with Gasteiger partial charge in [-0.3, -0.25) is 9.59 Å². The van der Waals surface area contributed by atoms with E-state index in [1.807, 2.05) is 6.20 Å². The summed E-state index contributed by atoms with van der Waals surface area (Å²) in [5.74, 6) is 0.909. The number of hydrogen-bond acceptors (Lipinski definition) is 5. The largest absolute Gasteiger partial charge is 0.345 e. The molecule has 9 nitrogen and oxygen atoms in total. The average molecular weight is 560 g/mol. The van der Waals surface area contributed by atoms with Crippen molar-refractivity contribution < 1.29 is 18.0 Å². The fourth-order valence-electron chi connectivity index (χ4n) is 5.64. The number of nitrogens with zero attached hydrogens (tertiary/aromatic N) is 4. The van der Waals surface area contributed by atoms with Gasteiger partial charge in [-0.25, -0.2) is 13.4 Å². The van der Waals surface area contributed by atoms with Crippen LogP contribution < -0.4 is 0 Å². The van der Waals surface area contributed by atoms with Crippen molar-refractivity contribution >= 4 is 44.2 Å². The van der Waals surface area contributed by atoms with Crippen molar-refractivity contribution in [2.75, 3.05) is 25.9 Å². The number of nitrogens with one attached hydrogen (secondary N) is 1. The lowest BCUT2D eigenvalue weighted by atomic mass is 9.93. The molecule has 5 rings (SSSR count). The van der Waals surface area contributed by atoms with Crippen molar-refractivity contribution in [2.45, 2.75) is 69.5 Å². The molecular formula is C27H34ClN5O4S. The molecule has 0 saturated carbocycles. The fourth-order valence-corrected chi connectivity index (χ4v) is 7.27. The molecule has 2 aliphatic heterocycles. The summed E-state index contributed by atoms with van der Waals surface area (Å²) in [6, 6.07) is 5.10. The Morgan fingerprint density at radius 3 is 2.68 bits per heavy atom. The maximum absolute atomic E-state index is 13.4. The molecule has 1 aromatic carbocycles. The molecule has 2 aromatic heterocycles. The summed E-state index contributed by atoms with van der Waals surface area (Å²) in [5.41, 5.74) is 2.38. The number of carbonyl (C=O) groups excluding carboxylic acids is 2. The number of halogens is 1. The first-order valence-electron chi connectivity index (χ1n) is 13.2. The second-order valence-electron chi connectivity index (χ2n) is 10.4. The van der Waals surface area contributed by atoms with Crippen LogP contribution >= 0.6 is 11.6 Å². The lowest BCUT2D eigenvalue weighted by Gasteiger charge is -2.33. The smallest absolute Gasteiger partial charge is 0.223 e. The minimum atomic E-state index is -3.82. The summed E-state index contributed by atoms with van der Waals surface area (Å²) >= 11 is 6.18. The van der Waals surface area contributed by atoms with E-state index in [-0.39, 0.29) is 35.6 Å². The van der Waals surface area contributed by atoms with Gasteiger partial charge in [-0.05, 0) is 43.9 Å². The Kier molecular flexibility index (Phi) is 7.55. The molecule has 3 aromatic rings. The molecule has 1 fully saturated rings. The van der Waals surface area contributed by atoms with Crippen molar-refractivity contribution in [3.8, 4) is 0 Å². The van der Waals surface area contributed by atoms with Crippen LogP contribution in [-0.4, -0.2) is 70.5 Å². The van der Waals surface area contributed by atoms with Gasteiger partial charge in [-0.15, -0.1) is 0 Å². The lowest BCUT2D eigenvalue weighted by Crippen LogP contribution is -2.39. The number of imidazole rings is 1. The van der Waals surface area contributed by atoms with Crippen LogP contribution in [0.25, 0.3) is 10.9 Å². The molecule has 0 spiro atoms. The Balaban J connectivity index is 1.26. The predicted molar refractivity (Wildman–Crippen MR) is 146 cm³/mol. The number of aromatic nitrogens is 3. The lowest BCUT2D eigenvalue weighted by molar-refractivity contribution is -0.132. The van der Waals surface area contributed by atoms with Crippen LogP contribution in [0.3, 0.4) is 0 Å². The van der Waals surface area contributed by atoms with Crippen molar-refractivity contribution in [2.24, 2.45) is 0 Å². The Bertz CT molecular complexity index is 1470. The molecule has 1 saturated heterocycles. The number of carbonyl (C=O) groups is 2. The summed E-state index contributed by atoms with van der Waals surface area (Å²) in [6.07, 6.45) is 7.02. The van der Waals surface area contributed by atoms with Crippen LogP contribution in [0.4, 0.5) is 0 Å².